The smallest absolute Gasteiger partial charge is 0.171 e. The highest BCUT2D eigenvalue weighted by atomic mass is 32.1. The van der Waals surface area contributed by atoms with Crippen LogP contribution in [-0.2, 0) is 0 Å². The van der Waals surface area contributed by atoms with Gasteiger partial charge < -0.3 is 9.47 Å². The van der Waals surface area contributed by atoms with Gasteiger partial charge in [-0.3, -0.25) is 4.79 Å². The van der Waals surface area contributed by atoms with Crippen LogP contribution < -0.4 is 9.47 Å². The second-order valence-corrected chi connectivity index (χ2v) is 4.68. The van der Waals surface area contributed by atoms with Crippen molar-refractivity contribution < 1.29 is 14.3 Å². The van der Waals surface area contributed by atoms with Crippen molar-refractivity contribution in [3.63, 3.8) is 0 Å². The van der Waals surface area contributed by atoms with Crippen LogP contribution in [0.15, 0.2) is 24.4 Å². The number of hydrogen-bond donors (Lipinski definition) is 0. The summed E-state index contributed by atoms with van der Waals surface area (Å²) in [5.74, 6) is 1.45. The molecule has 18 heavy (non-hydrogen) atoms. The summed E-state index contributed by atoms with van der Waals surface area (Å²) in [6.07, 6.45) is 1.58. The number of benzene rings is 1. The van der Waals surface area contributed by atoms with Crippen molar-refractivity contribution in [3.05, 3.63) is 29.3 Å². The minimum Gasteiger partial charge on any atom is -0.497 e. The summed E-state index contributed by atoms with van der Waals surface area (Å²) in [5, 5.41) is 0.746. The Morgan fingerprint density at radius 1 is 1.28 bits per heavy atom. The molecule has 0 bridgehead atoms. The Balaban J connectivity index is 2.50. The molecule has 0 saturated carbocycles. The molecule has 0 amide bonds. The molecule has 94 valence electrons. The number of hydrogen-bond acceptors (Lipinski definition) is 5. The third kappa shape index (κ3) is 2.36. The molecule has 2 aromatic rings. The van der Waals surface area contributed by atoms with Crippen molar-refractivity contribution in [1.82, 2.24) is 4.98 Å². The van der Waals surface area contributed by atoms with Gasteiger partial charge in [0.15, 0.2) is 5.78 Å². The van der Waals surface area contributed by atoms with Crippen molar-refractivity contribution in [2.75, 3.05) is 14.2 Å². The standard InChI is InChI=1S/C13H13NO3S/c1-8(15)12-7-14-13(18-12)10-6-9(16-2)4-5-11(10)17-3/h4-7H,1-3H3. The summed E-state index contributed by atoms with van der Waals surface area (Å²) in [6.45, 7) is 1.53. The predicted octanol–water partition coefficient (Wildman–Crippen LogP) is 3.03. The van der Waals surface area contributed by atoms with Gasteiger partial charge in [-0.15, -0.1) is 11.3 Å². The Hall–Kier alpha value is -1.88. The SMILES string of the molecule is COc1ccc(OC)c(-c2ncc(C(C)=O)s2)c1. The molecule has 1 aromatic heterocycles. The summed E-state index contributed by atoms with van der Waals surface area (Å²) in [5.41, 5.74) is 0.828. The number of carbonyl (C=O) groups is 1. The summed E-state index contributed by atoms with van der Waals surface area (Å²) < 4.78 is 10.5. The lowest BCUT2D eigenvalue weighted by Crippen LogP contribution is -1.89. The van der Waals surface area contributed by atoms with Crippen LogP contribution in [-0.4, -0.2) is 25.0 Å². The molecular weight excluding hydrogens is 250 g/mol. The van der Waals surface area contributed by atoms with E-state index in [1.807, 2.05) is 18.2 Å². The number of ether oxygens (including phenoxy) is 2. The minimum atomic E-state index is 0.0145. The molecule has 4 nitrogen and oxygen atoms in total. The Morgan fingerprint density at radius 2 is 2.06 bits per heavy atom. The molecular formula is C13H13NO3S. The summed E-state index contributed by atoms with van der Waals surface area (Å²) >= 11 is 1.35. The first-order chi connectivity index (χ1) is 8.65. The summed E-state index contributed by atoms with van der Waals surface area (Å²) in [4.78, 5) is 16.2. The number of methoxy groups -OCH3 is 2. The molecule has 0 aliphatic carbocycles. The molecule has 5 heteroatoms. The number of rotatable bonds is 4. The highest BCUT2D eigenvalue weighted by molar-refractivity contribution is 7.17. The third-order valence-corrected chi connectivity index (χ3v) is 3.62. The van der Waals surface area contributed by atoms with Crippen molar-refractivity contribution in [2.45, 2.75) is 6.92 Å². The minimum absolute atomic E-state index is 0.0145. The van der Waals surface area contributed by atoms with E-state index in [1.165, 1.54) is 18.3 Å². The van der Waals surface area contributed by atoms with Crippen LogP contribution in [0.1, 0.15) is 16.6 Å². The highest BCUT2D eigenvalue weighted by Crippen LogP contribution is 2.35. The molecule has 0 spiro atoms. The van der Waals surface area contributed by atoms with Crippen LogP contribution in [0.2, 0.25) is 0 Å². The quantitative estimate of drug-likeness (QED) is 0.795. The van der Waals surface area contributed by atoms with Crippen molar-refractivity contribution in [2.24, 2.45) is 0 Å². The number of thiazole rings is 1. The molecule has 0 atom stereocenters. The molecule has 0 unspecified atom stereocenters. The van der Waals surface area contributed by atoms with Crippen molar-refractivity contribution in [3.8, 4) is 22.1 Å². The van der Waals surface area contributed by atoms with Crippen LogP contribution in [0.3, 0.4) is 0 Å². The fourth-order valence-corrected chi connectivity index (χ4v) is 2.37. The predicted molar refractivity (Wildman–Crippen MR) is 70.7 cm³/mol. The van der Waals surface area contributed by atoms with E-state index in [-0.39, 0.29) is 5.78 Å². The Labute approximate surface area is 109 Å². The van der Waals surface area contributed by atoms with Gasteiger partial charge in [0.2, 0.25) is 0 Å². The fourth-order valence-electron chi connectivity index (χ4n) is 1.54. The Bertz CT molecular complexity index is 577. The van der Waals surface area contributed by atoms with E-state index >= 15 is 0 Å². The van der Waals surface area contributed by atoms with E-state index in [9.17, 15) is 4.79 Å². The van der Waals surface area contributed by atoms with Gasteiger partial charge in [0, 0.05) is 13.1 Å². The highest BCUT2D eigenvalue weighted by Gasteiger charge is 2.13. The van der Waals surface area contributed by atoms with Gasteiger partial charge in [-0.1, -0.05) is 0 Å². The molecule has 0 fully saturated rings. The van der Waals surface area contributed by atoms with E-state index in [4.69, 9.17) is 9.47 Å². The van der Waals surface area contributed by atoms with Crippen molar-refractivity contribution in [1.29, 1.82) is 0 Å². The third-order valence-electron chi connectivity index (χ3n) is 2.49. The number of Topliss-reactive ketones (excluding diaryl/α,β-unsaturated/α-hetero) is 1. The van der Waals surface area contributed by atoms with E-state index in [2.05, 4.69) is 4.98 Å². The van der Waals surface area contributed by atoms with E-state index in [1.54, 1.807) is 20.4 Å². The van der Waals surface area contributed by atoms with Gasteiger partial charge in [-0.2, -0.15) is 0 Å². The zero-order chi connectivity index (χ0) is 13.1. The molecule has 2 rings (SSSR count). The van der Waals surface area contributed by atoms with Crippen LogP contribution in [0.25, 0.3) is 10.6 Å². The molecule has 1 heterocycles. The van der Waals surface area contributed by atoms with Crippen LogP contribution in [0, 0.1) is 0 Å². The maximum Gasteiger partial charge on any atom is 0.171 e. The number of carbonyl (C=O) groups excluding carboxylic acids is 1. The molecule has 0 N–H and O–H groups in total. The fraction of sp³-hybridized carbons (Fsp3) is 0.231. The topological polar surface area (TPSA) is 48.4 Å². The first-order valence-electron chi connectivity index (χ1n) is 5.35. The van der Waals surface area contributed by atoms with E-state index in [0.29, 0.717) is 10.6 Å². The lowest BCUT2D eigenvalue weighted by atomic mass is 10.2. The molecule has 0 aliphatic rings. The van der Waals surface area contributed by atoms with Crippen molar-refractivity contribution >= 4 is 17.1 Å². The molecule has 0 radical (unpaired) electrons. The first-order valence-corrected chi connectivity index (χ1v) is 6.16. The van der Waals surface area contributed by atoms with Gasteiger partial charge in [-0.25, -0.2) is 4.98 Å². The Kier molecular flexibility index (Phi) is 3.62. The molecule has 0 aliphatic heterocycles. The largest absolute Gasteiger partial charge is 0.497 e. The van der Waals surface area contributed by atoms with Crippen LogP contribution in [0.4, 0.5) is 0 Å². The molecule has 1 aromatic carbocycles. The number of aromatic nitrogens is 1. The normalized spacial score (nSPS) is 10.2. The summed E-state index contributed by atoms with van der Waals surface area (Å²) in [7, 11) is 3.21. The van der Waals surface area contributed by atoms with Crippen LogP contribution in [0.5, 0.6) is 11.5 Å². The maximum atomic E-state index is 11.3. The average molecular weight is 263 g/mol. The average Bonchev–Trinajstić information content (AvgIpc) is 2.87. The zero-order valence-electron chi connectivity index (χ0n) is 10.4. The lowest BCUT2D eigenvalue weighted by molar-refractivity contribution is 0.102. The lowest BCUT2D eigenvalue weighted by Gasteiger charge is -2.07. The van der Waals surface area contributed by atoms with Crippen LogP contribution >= 0.6 is 11.3 Å². The van der Waals surface area contributed by atoms with Gasteiger partial charge in [0.25, 0.3) is 0 Å². The zero-order valence-corrected chi connectivity index (χ0v) is 11.2. The maximum absolute atomic E-state index is 11.3. The number of ketones is 1. The van der Waals surface area contributed by atoms with Gasteiger partial charge in [0.05, 0.1) is 24.7 Å². The second-order valence-electron chi connectivity index (χ2n) is 3.65. The van der Waals surface area contributed by atoms with Gasteiger partial charge in [0.1, 0.15) is 16.5 Å². The Morgan fingerprint density at radius 3 is 2.61 bits per heavy atom. The van der Waals surface area contributed by atoms with Gasteiger partial charge in [-0.05, 0) is 18.2 Å². The number of nitrogens with zero attached hydrogens (tertiary/aromatic N) is 1. The van der Waals surface area contributed by atoms with Gasteiger partial charge >= 0.3 is 0 Å². The summed E-state index contributed by atoms with van der Waals surface area (Å²) in [6, 6.07) is 5.49. The second kappa shape index (κ2) is 5.18. The monoisotopic (exact) mass is 263 g/mol. The first kappa shape index (κ1) is 12.6. The molecule has 0 saturated heterocycles. The van der Waals surface area contributed by atoms with E-state index < -0.39 is 0 Å². The van der Waals surface area contributed by atoms with E-state index in [0.717, 1.165) is 16.3 Å².